The third kappa shape index (κ3) is 5.80. The number of nitrogens with one attached hydrogen (secondary N) is 2. The Balaban J connectivity index is 1.64. The van der Waals surface area contributed by atoms with Gasteiger partial charge in [0.05, 0.1) is 25.0 Å². The lowest BCUT2D eigenvalue weighted by Crippen LogP contribution is -2.20. The number of rotatable bonds is 5. The van der Waals surface area contributed by atoms with Crippen LogP contribution in [0.4, 0.5) is 16.2 Å². The average Bonchev–Trinajstić information content (AvgIpc) is 3.17. The molecule has 1 atom stereocenters. The maximum atomic E-state index is 13.2. The Kier molecular flexibility index (Phi) is 7.64. The van der Waals surface area contributed by atoms with Gasteiger partial charge in [-0.05, 0) is 73.7 Å². The molecule has 0 saturated carbocycles. The number of esters is 1. The first-order valence-corrected chi connectivity index (χ1v) is 13.1. The number of amides is 2. The Morgan fingerprint density at radius 3 is 2.36 bits per heavy atom. The highest BCUT2D eigenvalue weighted by Crippen LogP contribution is 2.45. The molecule has 0 fully saturated rings. The number of carbonyl (C=O) groups is 2. The smallest absolute Gasteiger partial charge is 0.338 e. The molecule has 1 heterocycles. The molecule has 1 unspecified atom stereocenters. The molecule has 2 amide bonds. The molecule has 4 aromatic rings. The lowest BCUT2D eigenvalue weighted by molar-refractivity contribution is 0.0601. The molecule has 0 aromatic heterocycles. The monoisotopic (exact) mass is 520 g/mol. The van der Waals surface area contributed by atoms with E-state index in [1.165, 1.54) is 12.7 Å². The molecule has 39 heavy (non-hydrogen) atoms. The van der Waals surface area contributed by atoms with Gasteiger partial charge in [-0.3, -0.25) is 0 Å². The van der Waals surface area contributed by atoms with E-state index in [-0.39, 0.29) is 11.9 Å². The fourth-order valence-electron chi connectivity index (χ4n) is 5.07. The second-order valence-electron chi connectivity index (χ2n) is 9.88. The molecule has 4 aromatic carbocycles. The number of ether oxygens (including phenoxy) is 2. The summed E-state index contributed by atoms with van der Waals surface area (Å²) in [6.07, 6.45) is 1.77. The summed E-state index contributed by atoms with van der Waals surface area (Å²) in [5.41, 5.74) is 7.51. The highest BCUT2D eigenvalue weighted by Gasteiger charge is 2.27. The van der Waals surface area contributed by atoms with Crippen LogP contribution in [0.2, 0.25) is 0 Å². The van der Waals surface area contributed by atoms with Crippen LogP contribution in [0.1, 0.15) is 51.4 Å². The average molecular weight is 521 g/mol. The summed E-state index contributed by atoms with van der Waals surface area (Å²) in [4.78, 5) is 25.9. The Hall–Kier alpha value is -4.58. The minimum atomic E-state index is -0.414. The number of fused-ring (bicyclic) bond motifs is 1. The Morgan fingerprint density at radius 1 is 0.872 bits per heavy atom. The van der Waals surface area contributed by atoms with E-state index in [9.17, 15) is 9.59 Å². The molecule has 6 heteroatoms. The molecule has 0 spiro atoms. The second kappa shape index (κ2) is 11.4. The molecule has 1 aliphatic heterocycles. The first-order valence-electron chi connectivity index (χ1n) is 13.1. The summed E-state index contributed by atoms with van der Waals surface area (Å²) in [5.74, 6) is 0.301. The van der Waals surface area contributed by atoms with Crippen molar-refractivity contribution < 1.29 is 19.1 Å². The van der Waals surface area contributed by atoms with Crippen LogP contribution in [0, 0.1) is 13.8 Å². The summed E-state index contributed by atoms with van der Waals surface area (Å²) < 4.78 is 11.4. The maximum absolute atomic E-state index is 13.2. The number of urea groups is 1. The highest BCUT2D eigenvalue weighted by atomic mass is 16.5. The van der Waals surface area contributed by atoms with Crippen LogP contribution >= 0.6 is 0 Å². The summed E-state index contributed by atoms with van der Waals surface area (Å²) in [5, 5.41) is 5.94. The molecule has 1 aliphatic rings. The first-order chi connectivity index (χ1) is 18.9. The van der Waals surface area contributed by atoms with E-state index in [1.807, 2.05) is 74.5 Å². The van der Waals surface area contributed by atoms with E-state index in [0.717, 1.165) is 40.7 Å². The number of hydrogen-bond donors (Lipinski definition) is 2. The van der Waals surface area contributed by atoms with Gasteiger partial charge in [-0.25, -0.2) is 9.59 Å². The van der Waals surface area contributed by atoms with Crippen LogP contribution in [0.3, 0.4) is 0 Å². The van der Waals surface area contributed by atoms with Gasteiger partial charge >= 0.3 is 12.0 Å². The van der Waals surface area contributed by atoms with Crippen LogP contribution in [-0.4, -0.2) is 25.7 Å². The third-order valence-corrected chi connectivity index (χ3v) is 7.03. The quantitative estimate of drug-likeness (QED) is 0.264. The Bertz CT molecular complexity index is 1500. The van der Waals surface area contributed by atoms with Gasteiger partial charge in [0.1, 0.15) is 5.75 Å². The van der Waals surface area contributed by atoms with Gasteiger partial charge in [0.25, 0.3) is 0 Å². The van der Waals surface area contributed by atoms with E-state index in [4.69, 9.17) is 9.47 Å². The van der Waals surface area contributed by atoms with Crippen molar-refractivity contribution in [2.45, 2.75) is 32.6 Å². The summed E-state index contributed by atoms with van der Waals surface area (Å²) in [7, 11) is 1.38. The van der Waals surface area contributed by atoms with Crippen LogP contribution in [0.15, 0.2) is 84.9 Å². The molecule has 2 N–H and O–H groups in total. The van der Waals surface area contributed by atoms with Gasteiger partial charge < -0.3 is 20.1 Å². The predicted octanol–water partition coefficient (Wildman–Crippen LogP) is 7.71. The van der Waals surface area contributed by atoms with E-state index in [2.05, 4.69) is 28.8 Å². The van der Waals surface area contributed by atoms with E-state index in [0.29, 0.717) is 29.3 Å². The fourth-order valence-corrected chi connectivity index (χ4v) is 5.07. The van der Waals surface area contributed by atoms with Gasteiger partial charge in [0.15, 0.2) is 0 Å². The molecular formula is C33H32N2O4. The largest absolute Gasteiger partial charge is 0.491 e. The topological polar surface area (TPSA) is 76.7 Å². The zero-order valence-corrected chi connectivity index (χ0v) is 22.4. The minimum Gasteiger partial charge on any atom is -0.491 e. The highest BCUT2D eigenvalue weighted by molar-refractivity contribution is 6.02. The molecule has 6 nitrogen and oxygen atoms in total. The molecule has 0 aliphatic carbocycles. The van der Waals surface area contributed by atoms with Crippen molar-refractivity contribution in [3.05, 3.63) is 113 Å². The number of carbonyl (C=O) groups excluding carboxylic acids is 2. The van der Waals surface area contributed by atoms with Crippen LogP contribution in [0.25, 0.3) is 11.1 Å². The zero-order valence-electron chi connectivity index (χ0n) is 22.4. The van der Waals surface area contributed by atoms with Gasteiger partial charge in [0, 0.05) is 17.2 Å². The Labute approximate surface area is 229 Å². The normalized spacial score (nSPS) is 14.4. The zero-order chi connectivity index (χ0) is 27.4. The van der Waals surface area contributed by atoms with E-state index in [1.54, 1.807) is 6.07 Å². The molecule has 5 rings (SSSR count). The van der Waals surface area contributed by atoms with Gasteiger partial charge in [0.2, 0.25) is 0 Å². The van der Waals surface area contributed by atoms with Crippen molar-refractivity contribution in [1.29, 1.82) is 0 Å². The molecule has 0 radical (unpaired) electrons. The second-order valence-corrected chi connectivity index (χ2v) is 9.88. The minimum absolute atomic E-state index is 0.0655. The molecule has 0 saturated heterocycles. The summed E-state index contributed by atoms with van der Waals surface area (Å²) in [6.45, 7) is 4.53. The number of methoxy groups -OCH3 is 1. The van der Waals surface area contributed by atoms with E-state index < -0.39 is 5.97 Å². The third-order valence-electron chi connectivity index (χ3n) is 7.03. The predicted molar refractivity (Wildman–Crippen MR) is 155 cm³/mol. The van der Waals surface area contributed by atoms with Crippen LogP contribution < -0.4 is 15.4 Å². The first kappa shape index (κ1) is 26.0. The van der Waals surface area contributed by atoms with Crippen molar-refractivity contribution in [2.24, 2.45) is 0 Å². The van der Waals surface area contributed by atoms with Crippen molar-refractivity contribution >= 4 is 23.4 Å². The van der Waals surface area contributed by atoms with Crippen molar-refractivity contribution in [3.8, 4) is 16.9 Å². The van der Waals surface area contributed by atoms with Gasteiger partial charge in [-0.2, -0.15) is 0 Å². The van der Waals surface area contributed by atoms with Crippen LogP contribution in [0.5, 0.6) is 5.75 Å². The molecule has 0 bridgehead atoms. The lowest BCUT2D eigenvalue weighted by atomic mass is 9.85. The van der Waals surface area contributed by atoms with Crippen molar-refractivity contribution in [1.82, 2.24) is 0 Å². The maximum Gasteiger partial charge on any atom is 0.338 e. The lowest BCUT2D eigenvalue weighted by Gasteiger charge is -2.22. The summed E-state index contributed by atoms with van der Waals surface area (Å²) in [6, 6.07) is 27.2. The van der Waals surface area contributed by atoms with Crippen molar-refractivity contribution in [2.75, 3.05) is 24.4 Å². The summed E-state index contributed by atoms with van der Waals surface area (Å²) >= 11 is 0. The van der Waals surface area contributed by atoms with Crippen LogP contribution in [-0.2, 0) is 4.74 Å². The van der Waals surface area contributed by atoms with E-state index >= 15 is 0 Å². The molecular weight excluding hydrogens is 488 g/mol. The number of hydrogen-bond acceptors (Lipinski definition) is 4. The SMILES string of the molecule is COC(=O)c1ccc(C)cc1-c1cc(NC(=O)Nc2ccc(C)cc2)c2c(c1)C(c1ccccc1)CCCO2. The number of anilines is 2. The molecule has 198 valence electrons. The van der Waals surface area contributed by atoms with Gasteiger partial charge in [-0.15, -0.1) is 0 Å². The Morgan fingerprint density at radius 2 is 1.62 bits per heavy atom. The number of aryl methyl sites for hydroxylation is 2. The van der Waals surface area contributed by atoms with Gasteiger partial charge in [-0.1, -0.05) is 65.7 Å². The standard InChI is InChI=1S/C33H32N2O4/c1-21-11-14-25(15-12-21)34-33(37)35-30-20-24(28-18-22(2)13-16-27(28)32(36)38-3)19-29-26(10-7-17-39-31(29)30)23-8-5-4-6-9-23/h4-6,8-9,11-16,18-20,26H,7,10,17H2,1-3H3,(H2,34,35,37). The fraction of sp³-hybridized carbons (Fsp3) is 0.212. The number of benzene rings is 4. The van der Waals surface area contributed by atoms with Crippen molar-refractivity contribution in [3.63, 3.8) is 0 Å².